The molecule has 2 aliphatic heterocycles. The molecule has 1 atom stereocenters. The second-order valence-electron chi connectivity index (χ2n) is 7.65. The van der Waals surface area contributed by atoms with Crippen LogP contribution < -0.4 is 10.9 Å². The lowest BCUT2D eigenvalue weighted by molar-refractivity contribution is -0.0129. The maximum absolute atomic E-state index is 12.9. The number of pyridine rings is 1. The zero-order valence-electron chi connectivity index (χ0n) is 16.5. The minimum Gasteiger partial charge on any atom is -0.379 e. The van der Waals surface area contributed by atoms with Crippen LogP contribution in [0.5, 0.6) is 0 Å². The lowest BCUT2D eigenvalue weighted by Gasteiger charge is -2.43. The number of morpholine rings is 1. The van der Waals surface area contributed by atoms with Crippen LogP contribution in [0.25, 0.3) is 0 Å². The molecule has 1 amide bonds. The Kier molecular flexibility index (Phi) is 6.37. The molecule has 2 aliphatic rings. The molecule has 0 spiro atoms. The molecule has 2 aromatic rings. The van der Waals surface area contributed by atoms with Gasteiger partial charge in [0, 0.05) is 37.1 Å². The average Bonchev–Trinajstić information content (AvgIpc) is 3.25. The fraction of sp³-hybridized carbons (Fsp3) is 0.455. The maximum Gasteiger partial charge on any atom is 0.263 e. The molecule has 0 bridgehead atoms. The molecular formula is C22H27N3O3S. The van der Waals surface area contributed by atoms with Crippen LogP contribution in [0, 0.1) is 0 Å². The van der Waals surface area contributed by atoms with Gasteiger partial charge in [-0.25, -0.2) is 0 Å². The first kappa shape index (κ1) is 20.2. The van der Waals surface area contributed by atoms with Gasteiger partial charge in [-0.15, -0.1) is 0 Å². The van der Waals surface area contributed by atoms with Crippen molar-refractivity contribution in [3.63, 3.8) is 0 Å². The number of benzene rings is 1. The highest BCUT2D eigenvalue weighted by molar-refractivity contribution is 7.99. The van der Waals surface area contributed by atoms with Gasteiger partial charge in [-0.1, -0.05) is 30.3 Å². The van der Waals surface area contributed by atoms with Crippen LogP contribution in [0.4, 0.5) is 0 Å². The Labute approximate surface area is 175 Å². The van der Waals surface area contributed by atoms with Gasteiger partial charge >= 0.3 is 0 Å². The number of hydrogen-bond donors (Lipinski definition) is 1. The lowest BCUT2D eigenvalue weighted by atomic mass is 9.95. The van der Waals surface area contributed by atoms with Crippen molar-refractivity contribution in [1.82, 2.24) is 14.8 Å². The van der Waals surface area contributed by atoms with E-state index >= 15 is 0 Å². The molecule has 6 nitrogen and oxygen atoms in total. The van der Waals surface area contributed by atoms with E-state index in [1.807, 2.05) is 42.1 Å². The first-order valence-corrected chi connectivity index (χ1v) is 11.3. The second-order valence-corrected chi connectivity index (χ2v) is 8.75. The number of nitrogens with one attached hydrogen (secondary N) is 1. The van der Waals surface area contributed by atoms with Gasteiger partial charge < -0.3 is 14.6 Å². The molecule has 1 unspecified atom stereocenters. The van der Waals surface area contributed by atoms with Crippen molar-refractivity contribution < 1.29 is 9.53 Å². The molecule has 2 fully saturated rings. The Balaban J connectivity index is 1.47. The number of nitrogens with zero attached hydrogens (tertiary/aromatic N) is 2. The normalized spacial score (nSPS) is 22.5. The molecule has 4 rings (SSSR count). The van der Waals surface area contributed by atoms with Crippen molar-refractivity contribution in [1.29, 1.82) is 0 Å². The molecule has 0 saturated carbocycles. The number of carbonyl (C=O) groups excluding carboxylic acids is 1. The molecule has 1 aromatic carbocycles. The Morgan fingerprint density at radius 3 is 2.66 bits per heavy atom. The van der Waals surface area contributed by atoms with Crippen LogP contribution >= 0.6 is 11.8 Å². The van der Waals surface area contributed by atoms with Gasteiger partial charge in [-0.3, -0.25) is 14.5 Å². The van der Waals surface area contributed by atoms with Crippen molar-refractivity contribution in [2.45, 2.75) is 18.5 Å². The van der Waals surface area contributed by atoms with Gasteiger partial charge in [0.05, 0.1) is 19.8 Å². The van der Waals surface area contributed by atoms with Gasteiger partial charge in [0.25, 0.3) is 11.5 Å². The predicted octanol–water partition coefficient (Wildman–Crippen LogP) is 1.83. The number of thioether (sulfide) groups is 1. The van der Waals surface area contributed by atoms with E-state index in [1.165, 1.54) is 0 Å². The molecule has 0 radical (unpaired) electrons. The molecule has 1 N–H and O–H groups in total. The van der Waals surface area contributed by atoms with Crippen LogP contribution in [-0.4, -0.2) is 65.3 Å². The van der Waals surface area contributed by atoms with Crippen LogP contribution in [0.3, 0.4) is 0 Å². The van der Waals surface area contributed by atoms with E-state index in [2.05, 4.69) is 10.2 Å². The van der Waals surface area contributed by atoms with Crippen LogP contribution in [-0.2, 0) is 11.3 Å². The van der Waals surface area contributed by atoms with E-state index in [1.54, 1.807) is 22.9 Å². The van der Waals surface area contributed by atoms with Crippen molar-refractivity contribution in [3.05, 3.63) is 70.1 Å². The Bertz CT molecular complexity index is 888. The van der Waals surface area contributed by atoms with Crippen molar-refractivity contribution >= 4 is 17.7 Å². The van der Waals surface area contributed by atoms with E-state index < -0.39 is 0 Å². The smallest absolute Gasteiger partial charge is 0.263 e. The van der Waals surface area contributed by atoms with Crippen LogP contribution in [0.15, 0.2) is 53.5 Å². The third-order valence-electron chi connectivity index (χ3n) is 5.80. The molecule has 29 heavy (non-hydrogen) atoms. The Morgan fingerprint density at radius 1 is 1.14 bits per heavy atom. The van der Waals surface area contributed by atoms with Gasteiger partial charge in [0.1, 0.15) is 5.56 Å². The fourth-order valence-electron chi connectivity index (χ4n) is 4.09. The van der Waals surface area contributed by atoms with Crippen molar-refractivity contribution in [2.75, 3.05) is 44.4 Å². The summed E-state index contributed by atoms with van der Waals surface area (Å²) in [4.78, 5) is 28.2. The predicted molar refractivity (Wildman–Crippen MR) is 116 cm³/mol. The zero-order valence-corrected chi connectivity index (χ0v) is 17.3. The summed E-state index contributed by atoms with van der Waals surface area (Å²) in [5.74, 6) is 1.81. The summed E-state index contributed by atoms with van der Waals surface area (Å²) in [6.45, 7) is 4.28. The lowest BCUT2D eigenvalue weighted by Crippen LogP contribution is -2.59. The van der Waals surface area contributed by atoms with Crippen LogP contribution in [0.2, 0.25) is 0 Å². The molecule has 154 valence electrons. The van der Waals surface area contributed by atoms with Crippen molar-refractivity contribution in [2.24, 2.45) is 0 Å². The van der Waals surface area contributed by atoms with E-state index in [4.69, 9.17) is 4.74 Å². The molecular weight excluding hydrogens is 386 g/mol. The van der Waals surface area contributed by atoms with Crippen LogP contribution in [0.1, 0.15) is 22.3 Å². The summed E-state index contributed by atoms with van der Waals surface area (Å²) in [5, 5.41) is 3.06. The summed E-state index contributed by atoms with van der Waals surface area (Å²) in [7, 11) is 0. The van der Waals surface area contributed by atoms with Gasteiger partial charge in [0.15, 0.2) is 0 Å². The Hall–Kier alpha value is -2.09. The van der Waals surface area contributed by atoms with E-state index in [9.17, 15) is 9.59 Å². The molecule has 7 heteroatoms. The minimum absolute atomic E-state index is 0.0397. The quantitative estimate of drug-likeness (QED) is 0.783. The van der Waals surface area contributed by atoms with Gasteiger partial charge in [0.2, 0.25) is 0 Å². The first-order valence-electron chi connectivity index (χ1n) is 10.1. The summed E-state index contributed by atoms with van der Waals surface area (Å²) >= 11 is 1.93. The van der Waals surface area contributed by atoms with Crippen molar-refractivity contribution in [3.8, 4) is 0 Å². The standard InChI is InChI=1S/C22H27N3O3S/c26-20(23-16-22(8-14-29-17-22)25-10-12-28-13-11-25)19-7-4-9-24(21(19)27)15-18-5-2-1-3-6-18/h1-7,9H,8,10-17H2,(H,23,26). The number of amides is 1. The summed E-state index contributed by atoms with van der Waals surface area (Å²) in [6, 6.07) is 13.2. The number of hydrogen-bond acceptors (Lipinski definition) is 5. The average molecular weight is 414 g/mol. The highest BCUT2D eigenvalue weighted by Gasteiger charge is 2.41. The fourth-order valence-corrected chi connectivity index (χ4v) is 5.57. The SMILES string of the molecule is O=C(NCC1(N2CCOCC2)CCSC1)c1cccn(Cc2ccccc2)c1=O. The third-order valence-corrected chi connectivity index (χ3v) is 7.04. The molecule has 2 saturated heterocycles. The highest BCUT2D eigenvalue weighted by Crippen LogP contribution is 2.33. The zero-order chi connectivity index (χ0) is 20.1. The van der Waals surface area contributed by atoms with Gasteiger partial charge in [-0.05, 0) is 29.9 Å². The van der Waals surface area contributed by atoms with E-state index in [-0.39, 0.29) is 22.6 Å². The maximum atomic E-state index is 12.9. The first-order chi connectivity index (χ1) is 14.2. The summed E-state index contributed by atoms with van der Waals surface area (Å²) in [6.07, 6.45) is 2.78. The third kappa shape index (κ3) is 4.57. The number of rotatable bonds is 6. The Morgan fingerprint density at radius 2 is 1.93 bits per heavy atom. The number of aromatic nitrogens is 1. The second kappa shape index (κ2) is 9.15. The topological polar surface area (TPSA) is 63.6 Å². The molecule has 0 aliphatic carbocycles. The van der Waals surface area contributed by atoms with E-state index in [0.29, 0.717) is 13.1 Å². The minimum atomic E-state index is -0.290. The monoisotopic (exact) mass is 413 g/mol. The summed E-state index contributed by atoms with van der Waals surface area (Å²) in [5.41, 5.74) is 0.935. The highest BCUT2D eigenvalue weighted by atomic mass is 32.2. The van der Waals surface area contributed by atoms with E-state index in [0.717, 1.165) is 49.8 Å². The number of ether oxygens (including phenoxy) is 1. The number of carbonyl (C=O) groups is 1. The largest absolute Gasteiger partial charge is 0.379 e. The molecule has 3 heterocycles. The molecule has 1 aromatic heterocycles. The van der Waals surface area contributed by atoms with Gasteiger partial charge in [-0.2, -0.15) is 11.8 Å². The summed E-state index contributed by atoms with van der Waals surface area (Å²) < 4.78 is 7.09.